The van der Waals surface area contributed by atoms with E-state index in [1.807, 2.05) is 93.9 Å². The van der Waals surface area contributed by atoms with Crippen molar-refractivity contribution in [3.8, 4) is 17.3 Å². The van der Waals surface area contributed by atoms with Crippen molar-refractivity contribution in [1.29, 1.82) is 0 Å². The third-order valence-electron chi connectivity index (χ3n) is 5.40. The molecule has 0 atom stereocenters. The summed E-state index contributed by atoms with van der Waals surface area (Å²) < 4.78 is 13.2. The highest BCUT2D eigenvalue weighted by Gasteiger charge is 2.15. The molecule has 34 heavy (non-hydrogen) atoms. The van der Waals surface area contributed by atoms with Crippen LogP contribution in [0.1, 0.15) is 36.2 Å². The lowest BCUT2D eigenvalue weighted by Gasteiger charge is -2.11. The molecule has 0 fully saturated rings. The van der Waals surface area contributed by atoms with Crippen LogP contribution in [-0.2, 0) is 11.3 Å². The smallest absolute Gasteiger partial charge is 0.258 e. The van der Waals surface area contributed by atoms with Gasteiger partial charge < -0.3 is 14.8 Å². The van der Waals surface area contributed by atoms with Gasteiger partial charge in [-0.05, 0) is 70.0 Å². The Hall–Kier alpha value is -3.87. The summed E-state index contributed by atoms with van der Waals surface area (Å²) in [5, 5.41) is 8.55. The fraction of sp³-hybridized carbons (Fsp3) is 0.296. The van der Waals surface area contributed by atoms with E-state index >= 15 is 0 Å². The summed E-state index contributed by atoms with van der Waals surface area (Å²) in [7, 11) is 0. The molecule has 0 aliphatic heterocycles. The second-order valence-electron chi connectivity index (χ2n) is 8.68. The molecule has 4 rings (SSSR count). The highest BCUT2D eigenvalue weighted by Crippen LogP contribution is 2.26. The van der Waals surface area contributed by atoms with Crippen LogP contribution in [0.5, 0.6) is 11.6 Å². The monoisotopic (exact) mass is 458 g/mol. The lowest BCUT2D eigenvalue weighted by atomic mass is 10.1. The van der Waals surface area contributed by atoms with Crippen molar-refractivity contribution in [2.24, 2.45) is 0 Å². The lowest BCUT2D eigenvalue weighted by Crippen LogP contribution is -2.28. The maximum atomic E-state index is 12.4. The molecule has 4 aromatic rings. The predicted molar refractivity (Wildman–Crippen MR) is 133 cm³/mol. The average Bonchev–Trinajstić information content (AvgIpc) is 3.14. The van der Waals surface area contributed by atoms with Gasteiger partial charge in [0.2, 0.25) is 5.88 Å². The minimum absolute atomic E-state index is 0.121. The Labute approximate surface area is 199 Å². The molecule has 7 nitrogen and oxygen atoms in total. The van der Waals surface area contributed by atoms with Crippen LogP contribution in [-0.4, -0.2) is 33.4 Å². The molecule has 2 aromatic carbocycles. The maximum Gasteiger partial charge on any atom is 0.258 e. The first-order valence-corrected chi connectivity index (χ1v) is 11.4. The van der Waals surface area contributed by atoms with E-state index in [9.17, 15) is 4.79 Å². The average molecular weight is 459 g/mol. The summed E-state index contributed by atoms with van der Waals surface area (Å²) in [6.07, 6.45) is 0.124. The van der Waals surface area contributed by atoms with Crippen molar-refractivity contribution in [3.05, 3.63) is 77.0 Å². The molecule has 0 spiro atoms. The number of nitrogens with zero attached hydrogens (tertiary/aromatic N) is 3. The number of benzene rings is 2. The van der Waals surface area contributed by atoms with Crippen LogP contribution in [0.2, 0.25) is 0 Å². The lowest BCUT2D eigenvalue weighted by molar-refractivity contribution is -0.123. The first kappa shape index (κ1) is 23.3. The molecule has 0 bridgehead atoms. The summed E-state index contributed by atoms with van der Waals surface area (Å²) in [5.74, 6) is 0.985. The normalized spacial score (nSPS) is 11.1. The van der Waals surface area contributed by atoms with E-state index in [0.29, 0.717) is 18.1 Å². The summed E-state index contributed by atoms with van der Waals surface area (Å²) >= 11 is 0. The van der Waals surface area contributed by atoms with Gasteiger partial charge in [-0.3, -0.25) is 4.79 Å². The standard InChI is InChI=1S/C27H30N4O3/c1-17(2)34-23-12-8-21(9-13-23)15-28-24(32)16-33-25-14-19(4)26-20(5)30-31(27(26)29-25)22-10-6-18(3)7-11-22/h6-14,17H,15-16H2,1-5H3,(H,28,32). The number of carbonyl (C=O) groups is 1. The quantitative estimate of drug-likeness (QED) is 0.409. The van der Waals surface area contributed by atoms with Crippen LogP contribution >= 0.6 is 0 Å². The summed E-state index contributed by atoms with van der Waals surface area (Å²) in [6, 6.07) is 17.6. The minimum atomic E-state index is -0.217. The summed E-state index contributed by atoms with van der Waals surface area (Å²) in [5.41, 5.74) is 5.69. The number of fused-ring (bicyclic) bond motifs is 1. The van der Waals surface area contributed by atoms with Crippen LogP contribution in [0.15, 0.2) is 54.6 Å². The van der Waals surface area contributed by atoms with Crippen LogP contribution in [0.3, 0.4) is 0 Å². The van der Waals surface area contributed by atoms with E-state index in [2.05, 4.69) is 15.4 Å². The van der Waals surface area contributed by atoms with E-state index in [1.165, 1.54) is 5.56 Å². The third kappa shape index (κ3) is 5.36. The SMILES string of the molecule is Cc1ccc(-n2nc(C)c3c(C)cc(OCC(=O)NCc4ccc(OC(C)C)cc4)nc32)cc1. The van der Waals surface area contributed by atoms with Crippen molar-refractivity contribution in [2.75, 3.05) is 6.61 Å². The van der Waals surface area contributed by atoms with Crippen molar-refractivity contribution in [1.82, 2.24) is 20.1 Å². The highest BCUT2D eigenvalue weighted by molar-refractivity contribution is 5.84. The molecule has 2 heterocycles. The fourth-order valence-corrected chi connectivity index (χ4v) is 3.76. The molecule has 0 unspecified atom stereocenters. The molecular formula is C27H30N4O3. The molecule has 0 aliphatic carbocycles. The molecular weight excluding hydrogens is 428 g/mol. The van der Waals surface area contributed by atoms with Gasteiger partial charge in [0, 0.05) is 18.0 Å². The van der Waals surface area contributed by atoms with E-state index in [4.69, 9.17) is 9.47 Å². The van der Waals surface area contributed by atoms with Gasteiger partial charge in [-0.25, -0.2) is 4.68 Å². The summed E-state index contributed by atoms with van der Waals surface area (Å²) in [4.78, 5) is 17.0. The molecule has 0 saturated heterocycles. The largest absolute Gasteiger partial charge is 0.491 e. The van der Waals surface area contributed by atoms with Crippen molar-refractivity contribution in [2.45, 2.75) is 47.3 Å². The van der Waals surface area contributed by atoms with Crippen molar-refractivity contribution >= 4 is 16.9 Å². The molecule has 1 amide bonds. The molecule has 176 valence electrons. The minimum Gasteiger partial charge on any atom is -0.491 e. The Morgan fingerprint density at radius 1 is 1.03 bits per heavy atom. The van der Waals surface area contributed by atoms with Gasteiger partial charge in [0.25, 0.3) is 5.91 Å². The second kappa shape index (κ2) is 9.95. The van der Waals surface area contributed by atoms with E-state index in [0.717, 1.165) is 33.6 Å². The zero-order valence-electron chi connectivity index (χ0n) is 20.3. The number of rotatable bonds is 8. The van der Waals surface area contributed by atoms with Crippen LogP contribution in [0.25, 0.3) is 16.7 Å². The number of hydrogen-bond acceptors (Lipinski definition) is 5. The number of ether oxygens (including phenoxy) is 2. The number of hydrogen-bond donors (Lipinski definition) is 1. The molecule has 0 aliphatic rings. The Morgan fingerprint density at radius 2 is 1.74 bits per heavy atom. The zero-order valence-corrected chi connectivity index (χ0v) is 20.3. The van der Waals surface area contributed by atoms with Gasteiger partial charge in [0.1, 0.15) is 5.75 Å². The van der Waals surface area contributed by atoms with Crippen LogP contribution < -0.4 is 14.8 Å². The number of nitrogens with one attached hydrogen (secondary N) is 1. The Bertz CT molecular complexity index is 1290. The molecule has 0 saturated carbocycles. The predicted octanol–water partition coefficient (Wildman–Crippen LogP) is 4.83. The van der Waals surface area contributed by atoms with Gasteiger partial charge in [-0.2, -0.15) is 10.1 Å². The zero-order chi connectivity index (χ0) is 24.2. The van der Waals surface area contributed by atoms with Gasteiger partial charge in [-0.1, -0.05) is 29.8 Å². The number of aromatic nitrogens is 3. The number of aryl methyl sites for hydroxylation is 3. The topological polar surface area (TPSA) is 78.3 Å². The molecule has 2 aromatic heterocycles. The second-order valence-corrected chi connectivity index (χ2v) is 8.68. The first-order valence-electron chi connectivity index (χ1n) is 11.4. The molecule has 0 radical (unpaired) electrons. The molecule has 1 N–H and O–H groups in total. The van der Waals surface area contributed by atoms with Gasteiger partial charge >= 0.3 is 0 Å². The van der Waals surface area contributed by atoms with Crippen LogP contribution in [0.4, 0.5) is 0 Å². The Kier molecular flexibility index (Phi) is 6.82. The Balaban J connectivity index is 1.42. The third-order valence-corrected chi connectivity index (χ3v) is 5.40. The van der Waals surface area contributed by atoms with E-state index in [1.54, 1.807) is 0 Å². The fourth-order valence-electron chi connectivity index (χ4n) is 3.76. The van der Waals surface area contributed by atoms with E-state index in [-0.39, 0.29) is 18.6 Å². The van der Waals surface area contributed by atoms with Crippen molar-refractivity contribution in [3.63, 3.8) is 0 Å². The van der Waals surface area contributed by atoms with Gasteiger partial charge in [0.05, 0.1) is 17.5 Å². The number of amides is 1. The van der Waals surface area contributed by atoms with Crippen molar-refractivity contribution < 1.29 is 14.3 Å². The van der Waals surface area contributed by atoms with E-state index < -0.39 is 0 Å². The highest BCUT2D eigenvalue weighted by atomic mass is 16.5. The summed E-state index contributed by atoms with van der Waals surface area (Å²) in [6.45, 7) is 10.3. The molecule has 7 heteroatoms. The number of carbonyl (C=O) groups excluding carboxylic acids is 1. The Morgan fingerprint density at radius 3 is 2.41 bits per heavy atom. The van der Waals surface area contributed by atoms with Gasteiger partial charge in [0.15, 0.2) is 12.3 Å². The van der Waals surface area contributed by atoms with Crippen LogP contribution in [0, 0.1) is 20.8 Å². The maximum absolute atomic E-state index is 12.4. The number of pyridine rings is 1. The van der Waals surface area contributed by atoms with Gasteiger partial charge in [-0.15, -0.1) is 0 Å². The first-order chi connectivity index (χ1) is 16.3.